The van der Waals surface area contributed by atoms with E-state index < -0.39 is 41.4 Å². The fourth-order valence-corrected chi connectivity index (χ4v) is 3.60. The Morgan fingerprint density at radius 1 is 1.16 bits per heavy atom. The van der Waals surface area contributed by atoms with Crippen LogP contribution in [0.1, 0.15) is 33.6 Å². The number of benzene rings is 2. The third-order valence-electron chi connectivity index (χ3n) is 4.86. The highest BCUT2D eigenvalue weighted by molar-refractivity contribution is 6.33. The molecule has 1 fully saturated rings. The lowest BCUT2D eigenvalue weighted by molar-refractivity contribution is -0.151. The van der Waals surface area contributed by atoms with Crippen LogP contribution < -0.4 is 5.43 Å². The molecule has 0 aromatic heterocycles. The van der Waals surface area contributed by atoms with Crippen molar-refractivity contribution in [2.45, 2.75) is 18.9 Å². The summed E-state index contributed by atoms with van der Waals surface area (Å²) in [6.45, 7) is -0.119. The molecule has 2 aromatic rings. The summed E-state index contributed by atoms with van der Waals surface area (Å²) in [5.74, 6) is -3.70. The van der Waals surface area contributed by atoms with Crippen LogP contribution in [0.5, 0.6) is 0 Å². The molecule has 2 unspecified atom stereocenters. The van der Waals surface area contributed by atoms with Crippen molar-refractivity contribution in [1.29, 1.82) is 0 Å². The molecule has 168 valence electrons. The monoisotopic (exact) mass is 480 g/mol. The zero-order valence-corrected chi connectivity index (χ0v) is 18.2. The Balaban J connectivity index is 1.63. The predicted molar refractivity (Wildman–Crippen MR) is 115 cm³/mol. The molecule has 0 saturated carbocycles. The number of ether oxygens (including phenoxy) is 1. The van der Waals surface area contributed by atoms with E-state index in [1.807, 2.05) is 0 Å². The fourth-order valence-electron chi connectivity index (χ4n) is 3.18. The summed E-state index contributed by atoms with van der Waals surface area (Å²) in [4.78, 5) is 50.0. The number of hydrogen-bond acceptors (Lipinski definition) is 5. The molecule has 0 spiro atoms. The van der Waals surface area contributed by atoms with Crippen molar-refractivity contribution in [3.05, 3.63) is 70.5 Å². The molecule has 1 heterocycles. The van der Waals surface area contributed by atoms with Gasteiger partial charge in [-0.1, -0.05) is 23.7 Å². The molecule has 1 saturated heterocycles. The Hall–Kier alpha value is -2.97. The smallest absolute Gasteiger partial charge is 0.312 e. The van der Waals surface area contributed by atoms with Crippen LogP contribution in [0, 0.1) is 11.7 Å². The van der Waals surface area contributed by atoms with Crippen molar-refractivity contribution in [3.8, 4) is 0 Å². The summed E-state index contributed by atoms with van der Waals surface area (Å²) < 4.78 is 18.5. The third kappa shape index (κ3) is 5.63. The maximum absolute atomic E-state index is 13.1. The van der Waals surface area contributed by atoms with E-state index in [4.69, 9.17) is 27.9 Å². The van der Waals surface area contributed by atoms with Crippen molar-refractivity contribution in [3.63, 3.8) is 0 Å². The van der Waals surface area contributed by atoms with Crippen LogP contribution in [0.2, 0.25) is 5.02 Å². The average molecular weight is 481 g/mol. The molecule has 32 heavy (non-hydrogen) atoms. The molecular weight excluding hydrogens is 462 g/mol. The second kappa shape index (κ2) is 10.6. The first kappa shape index (κ1) is 23.7. The first-order valence-electron chi connectivity index (χ1n) is 9.72. The highest BCUT2D eigenvalue weighted by Crippen LogP contribution is 2.21. The number of carbonyl (C=O) groups excluding carboxylic acids is 4. The summed E-state index contributed by atoms with van der Waals surface area (Å²) in [6.07, 6.45) is -1.32. The van der Waals surface area contributed by atoms with E-state index in [9.17, 15) is 23.6 Å². The fraction of sp³-hybridized carbons (Fsp3) is 0.273. The van der Waals surface area contributed by atoms with E-state index in [-0.39, 0.29) is 41.4 Å². The quantitative estimate of drug-likeness (QED) is 0.355. The van der Waals surface area contributed by atoms with Crippen LogP contribution in [0.3, 0.4) is 0 Å². The summed E-state index contributed by atoms with van der Waals surface area (Å²) >= 11 is 11.7. The zero-order chi connectivity index (χ0) is 23.3. The van der Waals surface area contributed by atoms with Gasteiger partial charge in [-0.3, -0.25) is 29.6 Å². The SMILES string of the molecule is O=C(NN1CC(C(=O)OC(CCCl)C(=O)c2ccc(F)cc2)CC1=O)c1ccccc1Cl. The lowest BCUT2D eigenvalue weighted by atomic mass is 10.0. The first-order valence-corrected chi connectivity index (χ1v) is 10.6. The molecule has 2 amide bonds. The maximum Gasteiger partial charge on any atom is 0.312 e. The Morgan fingerprint density at radius 3 is 2.50 bits per heavy atom. The highest BCUT2D eigenvalue weighted by atomic mass is 35.5. The second-order valence-electron chi connectivity index (χ2n) is 7.10. The van der Waals surface area contributed by atoms with Gasteiger partial charge in [-0.05, 0) is 36.4 Å². The van der Waals surface area contributed by atoms with E-state index in [0.717, 1.165) is 17.1 Å². The number of hydrazine groups is 1. The topological polar surface area (TPSA) is 92.8 Å². The van der Waals surface area contributed by atoms with Gasteiger partial charge in [0, 0.05) is 24.3 Å². The normalized spacial score (nSPS) is 16.5. The second-order valence-corrected chi connectivity index (χ2v) is 7.89. The number of ketones is 1. The number of esters is 1. The first-order chi connectivity index (χ1) is 15.3. The van der Waals surface area contributed by atoms with E-state index in [0.29, 0.717) is 0 Å². The van der Waals surface area contributed by atoms with Gasteiger partial charge in [0.05, 0.1) is 23.0 Å². The molecule has 0 aliphatic carbocycles. The van der Waals surface area contributed by atoms with E-state index in [2.05, 4.69) is 5.43 Å². The van der Waals surface area contributed by atoms with Gasteiger partial charge in [0.15, 0.2) is 6.10 Å². The van der Waals surface area contributed by atoms with Crippen molar-refractivity contribution in [2.24, 2.45) is 5.92 Å². The van der Waals surface area contributed by atoms with Crippen LogP contribution in [0.15, 0.2) is 48.5 Å². The molecule has 1 N–H and O–H groups in total. The molecule has 1 aliphatic heterocycles. The lowest BCUT2D eigenvalue weighted by Gasteiger charge is -2.20. The summed E-state index contributed by atoms with van der Waals surface area (Å²) in [5.41, 5.74) is 2.78. The van der Waals surface area contributed by atoms with E-state index in [1.165, 1.54) is 24.3 Å². The van der Waals surface area contributed by atoms with Gasteiger partial charge in [0.2, 0.25) is 11.7 Å². The van der Waals surface area contributed by atoms with Gasteiger partial charge in [-0.15, -0.1) is 11.6 Å². The highest BCUT2D eigenvalue weighted by Gasteiger charge is 2.38. The number of nitrogens with one attached hydrogen (secondary N) is 1. The van der Waals surface area contributed by atoms with E-state index >= 15 is 0 Å². The summed E-state index contributed by atoms with van der Waals surface area (Å²) in [7, 11) is 0. The number of nitrogens with zero attached hydrogens (tertiary/aromatic N) is 1. The van der Waals surface area contributed by atoms with Gasteiger partial charge in [-0.2, -0.15) is 0 Å². The molecule has 3 rings (SSSR count). The molecular formula is C22H19Cl2FN2O5. The number of rotatable bonds is 8. The van der Waals surface area contributed by atoms with Crippen LogP contribution in [-0.2, 0) is 14.3 Å². The van der Waals surface area contributed by atoms with Crippen LogP contribution in [-0.4, -0.2) is 47.1 Å². The largest absolute Gasteiger partial charge is 0.454 e. The molecule has 0 radical (unpaired) electrons. The number of Topliss-reactive ketones (excluding diaryl/α,β-unsaturated/α-hetero) is 1. The minimum atomic E-state index is -1.17. The van der Waals surface area contributed by atoms with E-state index in [1.54, 1.807) is 12.1 Å². The van der Waals surface area contributed by atoms with Gasteiger partial charge < -0.3 is 4.74 Å². The van der Waals surface area contributed by atoms with Crippen molar-refractivity contribution < 1.29 is 28.3 Å². The number of halogens is 3. The molecule has 10 heteroatoms. The van der Waals surface area contributed by atoms with Crippen molar-refractivity contribution in [1.82, 2.24) is 10.4 Å². The Labute approximate surface area is 193 Å². The number of alkyl halides is 1. The third-order valence-corrected chi connectivity index (χ3v) is 5.41. The van der Waals surface area contributed by atoms with Crippen molar-refractivity contribution >= 4 is 46.8 Å². The summed E-state index contributed by atoms with van der Waals surface area (Å²) in [5, 5.41) is 1.24. The average Bonchev–Trinajstić information content (AvgIpc) is 3.14. The minimum absolute atomic E-state index is 0.0501. The zero-order valence-electron chi connectivity index (χ0n) is 16.7. The van der Waals surface area contributed by atoms with Gasteiger partial charge in [-0.25, -0.2) is 4.39 Å². The Morgan fingerprint density at radius 2 is 1.84 bits per heavy atom. The molecule has 7 nitrogen and oxygen atoms in total. The molecule has 2 atom stereocenters. The summed E-state index contributed by atoms with van der Waals surface area (Å²) in [6, 6.07) is 11.2. The maximum atomic E-state index is 13.1. The van der Waals surface area contributed by atoms with Crippen LogP contribution >= 0.6 is 23.2 Å². The molecule has 2 aromatic carbocycles. The lowest BCUT2D eigenvalue weighted by Crippen LogP contribution is -2.43. The van der Waals surface area contributed by atoms with Gasteiger partial charge >= 0.3 is 5.97 Å². The van der Waals surface area contributed by atoms with Crippen LogP contribution in [0.4, 0.5) is 4.39 Å². The van der Waals surface area contributed by atoms with Gasteiger partial charge in [0.25, 0.3) is 5.91 Å². The Kier molecular flexibility index (Phi) is 7.82. The predicted octanol–water partition coefficient (Wildman–Crippen LogP) is 3.40. The number of amides is 2. The van der Waals surface area contributed by atoms with Gasteiger partial charge in [0.1, 0.15) is 5.82 Å². The number of hydrogen-bond donors (Lipinski definition) is 1. The number of carbonyl (C=O) groups is 4. The minimum Gasteiger partial charge on any atom is -0.454 e. The Bertz CT molecular complexity index is 1030. The standard InChI is InChI=1S/C22H19Cl2FN2O5/c23-10-9-18(20(29)13-5-7-15(25)8-6-13)32-22(31)14-11-19(28)27(12-14)26-21(30)16-3-1-2-4-17(16)24/h1-8,14,18H,9-12H2,(H,26,30). The molecule has 1 aliphatic rings. The molecule has 0 bridgehead atoms. The van der Waals surface area contributed by atoms with Crippen molar-refractivity contribution in [2.75, 3.05) is 12.4 Å². The van der Waals surface area contributed by atoms with Crippen LogP contribution in [0.25, 0.3) is 0 Å².